The first-order chi connectivity index (χ1) is 9.60. The van der Waals surface area contributed by atoms with Crippen molar-refractivity contribution in [1.82, 2.24) is 4.90 Å². The van der Waals surface area contributed by atoms with Crippen molar-refractivity contribution < 1.29 is 19.8 Å². The van der Waals surface area contributed by atoms with Gasteiger partial charge in [-0.05, 0) is 25.0 Å². The van der Waals surface area contributed by atoms with Crippen molar-refractivity contribution in [3.63, 3.8) is 0 Å². The van der Waals surface area contributed by atoms with E-state index in [0.29, 0.717) is 13.0 Å². The van der Waals surface area contributed by atoms with Crippen molar-refractivity contribution in [2.24, 2.45) is 10.9 Å². The summed E-state index contributed by atoms with van der Waals surface area (Å²) >= 11 is 0. The first-order valence-electron chi connectivity index (χ1n) is 6.24. The molecule has 1 saturated heterocycles. The quantitative estimate of drug-likeness (QED) is 0.327. The minimum atomic E-state index is -0.446. The number of carbonyl (C=O) groups is 1. The van der Waals surface area contributed by atoms with Crippen LogP contribution in [0.25, 0.3) is 0 Å². The maximum Gasteiger partial charge on any atom is 0.258 e. The lowest BCUT2D eigenvalue weighted by molar-refractivity contribution is 0.0764. The van der Waals surface area contributed by atoms with Gasteiger partial charge in [0.15, 0.2) is 17.3 Å². The minimum absolute atomic E-state index is 0.00163. The summed E-state index contributed by atoms with van der Waals surface area (Å²) in [4.78, 5) is 14.0. The summed E-state index contributed by atoms with van der Waals surface area (Å²) in [6.07, 6.45) is 1.39. The van der Waals surface area contributed by atoms with Crippen LogP contribution in [0.2, 0.25) is 0 Å². The van der Waals surface area contributed by atoms with Gasteiger partial charge in [0, 0.05) is 6.54 Å². The van der Waals surface area contributed by atoms with Crippen molar-refractivity contribution in [3.8, 4) is 11.5 Å². The maximum atomic E-state index is 12.5. The van der Waals surface area contributed by atoms with Gasteiger partial charge in [0.25, 0.3) is 5.91 Å². The SMILES string of the molecule is COc1cccc(C(=O)N2CCCC2C(N)=NO)c1O. The van der Waals surface area contributed by atoms with Gasteiger partial charge in [-0.15, -0.1) is 0 Å². The molecule has 7 nitrogen and oxygen atoms in total. The fourth-order valence-electron chi connectivity index (χ4n) is 2.40. The number of likely N-dealkylation sites (tertiary alicyclic amines) is 1. The Kier molecular flexibility index (Phi) is 3.97. The van der Waals surface area contributed by atoms with Crippen LogP contribution in [0.4, 0.5) is 0 Å². The van der Waals surface area contributed by atoms with Crippen LogP contribution in [0, 0.1) is 0 Å². The number of nitrogens with two attached hydrogens (primary N) is 1. The maximum absolute atomic E-state index is 12.5. The number of amidine groups is 1. The van der Waals surface area contributed by atoms with Crippen LogP contribution in [-0.2, 0) is 0 Å². The van der Waals surface area contributed by atoms with Crippen LogP contribution in [0.15, 0.2) is 23.4 Å². The fourth-order valence-corrected chi connectivity index (χ4v) is 2.40. The number of hydrogen-bond acceptors (Lipinski definition) is 5. The average Bonchev–Trinajstić information content (AvgIpc) is 2.95. The van der Waals surface area contributed by atoms with Gasteiger partial charge in [0.2, 0.25) is 0 Å². The molecule has 1 aliphatic heterocycles. The number of oxime groups is 1. The molecule has 1 unspecified atom stereocenters. The molecule has 1 amide bonds. The highest BCUT2D eigenvalue weighted by Crippen LogP contribution is 2.31. The Morgan fingerprint density at radius 1 is 1.55 bits per heavy atom. The van der Waals surface area contributed by atoms with E-state index in [9.17, 15) is 9.90 Å². The van der Waals surface area contributed by atoms with Gasteiger partial charge in [-0.25, -0.2) is 0 Å². The summed E-state index contributed by atoms with van der Waals surface area (Å²) in [7, 11) is 1.42. The number of aromatic hydroxyl groups is 1. The molecule has 1 fully saturated rings. The summed E-state index contributed by atoms with van der Waals surface area (Å²) in [6.45, 7) is 0.496. The molecule has 2 rings (SSSR count). The lowest BCUT2D eigenvalue weighted by atomic mass is 10.1. The number of hydrogen-bond donors (Lipinski definition) is 3. The predicted octanol–water partition coefficient (Wildman–Crippen LogP) is 0.752. The second kappa shape index (κ2) is 5.68. The number of amides is 1. The average molecular weight is 279 g/mol. The summed E-state index contributed by atoms with van der Waals surface area (Å²) in [5, 5.41) is 21.7. The Labute approximate surface area is 116 Å². The lowest BCUT2D eigenvalue weighted by Gasteiger charge is -2.24. The van der Waals surface area contributed by atoms with E-state index < -0.39 is 6.04 Å². The molecular formula is C13H17N3O4. The molecule has 0 aliphatic carbocycles. The molecule has 7 heteroatoms. The third kappa shape index (κ3) is 2.34. The highest BCUT2D eigenvalue weighted by molar-refractivity contribution is 6.01. The van der Waals surface area contributed by atoms with E-state index >= 15 is 0 Å². The summed E-state index contributed by atoms with van der Waals surface area (Å²) < 4.78 is 4.98. The number of nitrogens with zero attached hydrogens (tertiary/aromatic N) is 2. The Hall–Kier alpha value is -2.44. The monoisotopic (exact) mass is 279 g/mol. The summed E-state index contributed by atoms with van der Waals surface area (Å²) in [5.41, 5.74) is 5.74. The van der Waals surface area contributed by atoms with Gasteiger partial charge in [-0.2, -0.15) is 0 Å². The van der Waals surface area contributed by atoms with Gasteiger partial charge in [0.05, 0.1) is 18.7 Å². The molecule has 1 aromatic carbocycles. The highest BCUT2D eigenvalue weighted by Gasteiger charge is 2.33. The predicted molar refractivity (Wildman–Crippen MR) is 72.1 cm³/mol. The lowest BCUT2D eigenvalue weighted by Crippen LogP contribution is -2.43. The largest absolute Gasteiger partial charge is 0.504 e. The van der Waals surface area contributed by atoms with Crippen LogP contribution in [0.1, 0.15) is 23.2 Å². The van der Waals surface area contributed by atoms with Gasteiger partial charge >= 0.3 is 0 Å². The second-order valence-corrected chi connectivity index (χ2v) is 4.54. The van der Waals surface area contributed by atoms with Crippen molar-refractivity contribution in [3.05, 3.63) is 23.8 Å². The summed E-state index contributed by atoms with van der Waals surface area (Å²) in [6, 6.07) is 4.26. The normalized spacial score (nSPS) is 19.1. The molecule has 0 radical (unpaired) electrons. The number of methoxy groups -OCH3 is 1. The van der Waals surface area contributed by atoms with E-state index in [0.717, 1.165) is 6.42 Å². The Bertz CT molecular complexity index is 544. The zero-order valence-electron chi connectivity index (χ0n) is 11.1. The number of phenols is 1. The van der Waals surface area contributed by atoms with Gasteiger partial charge < -0.3 is 25.7 Å². The molecule has 108 valence electrons. The third-order valence-electron chi connectivity index (χ3n) is 3.42. The molecule has 1 atom stereocenters. The van der Waals surface area contributed by atoms with E-state index in [1.807, 2.05) is 0 Å². The van der Waals surface area contributed by atoms with Crippen LogP contribution in [0.5, 0.6) is 11.5 Å². The molecule has 1 aromatic rings. The number of para-hydroxylation sites is 1. The standard InChI is InChI=1S/C13H17N3O4/c1-20-10-6-2-4-8(11(10)17)13(18)16-7-3-5-9(16)12(14)15-19/h2,4,6,9,17,19H,3,5,7H2,1H3,(H2,14,15). The zero-order chi connectivity index (χ0) is 14.7. The first kappa shape index (κ1) is 14.0. The molecule has 4 N–H and O–H groups in total. The zero-order valence-corrected chi connectivity index (χ0v) is 11.1. The van der Waals surface area contributed by atoms with Gasteiger partial charge in [-0.3, -0.25) is 4.79 Å². The molecule has 0 bridgehead atoms. The minimum Gasteiger partial charge on any atom is -0.504 e. The molecule has 1 aliphatic rings. The van der Waals surface area contributed by atoms with Crippen molar-refractivity contribution >= 4 is 11.7 Å². The molecule has 1 heterocycles. The van der Waals surface area contributed by atoms with E-state index in [2.05, 4.69) is 5.16 Å². The molecule has 0 spiro atoms. The number of rotatable bonds is 3. The summed E-state index contributed by atoms with van der Waals surface area (Å²) in [5.74, 6) is -0.339. The van der Waals surface area contributed by atoms with E-state index in [4.69, 9.17) is 15.7 Å². The Morgan fingerprint density at radius 3 is 2.95 bits per heavy atom. The van der Waals surface area contributed by atoms with E-state index in [-0.39, 0.29) is 28.8 Å². The first-order valence-corrected chi connectivity index (χ1v) is 6.24. The van der Waals surface area contributed by atoms with Crippen LogP contribution < -0.4 is 10.5 Å². The highest BCUT2D eigenvalue weighted by atomic mass is 16.5. The Morgan fingerprint density at radius 2 is 2.30 bits per heavy atom. The van der Waals surface area contributed by atoms with Crippen LogP contribution in [-0.4, -0.2) is 46.7 Å². The number of ether oxygens (including phenoxy) is 1. The van der Waals surface area contributed by atoms with E-state index in [1.54, 1.807) is 12.1 Å². The molecule has 20 heavy (non-hydrogen) atoms. The van der Waals surface area contributed by atoms with Crippen LogP contribution >= 0.6 is 0 Å². The van der Waals surface area contributed by atoms with Crippen LogP contribution in [0.3, 0.4) is 0 Å². The number of benzene rings is 1. The van der Waals surface area contributed by atoms with Crippen molar-refractivity contribution in [1.29, 1.82) is 0 Å². The molecule has 0 saturated carbocycles. The van der Waals surface area contributed by atoms with Crippen molar-refractivity contribution in [2.45, 2.75) is 18.9 Å². The molecular weight excluding hydrogens is 262 g/mol. The van der Waals surface area contributed by atoms with Crippen molar-refractivity contribution in [2.75, 3.05) is 13.7 Å². The smallest absolute Gasteiger partial charge is 0.258 e. The molecule has 0 aromatic heterocycles. The Balaban J connectivity index is 2.32. The number of carbonyl (C=O) groups excluding carboxylic acids is 1. The fraction of sp³-hybridized carbons (Fsp3) is 0.385. The number of phenolic OH excluding ortho intramolecular Hbond substituents is 1. The third-order valence-corrected chi connectivity index (χ3v) is 3.42. The van der Waals surface area contributed by atoms with E-state index in [1.165, 1.54) is 18.1 Å². The second-order valence-electron chi connectivity index (χ2n) is 4.54. The van der Waals surface area contributed by atoms with Gasteiger partial charge in [-0.1, -0.05) is 11.2 Å². The van der Waals surface area contributed by atoms with Gasteiger partial charge in [0.1, 0.15) is 0 Å². The topological polar surface area (TPSA) is 108 Å².